The number of hydrogen-bond acceptors (Lipinski definition) is 3. The van der Waals surface area contributed by atoms with E-state index in [4.69, 9.17) is 11.6 Å². The SMILES string of the molecule is Cc1ccc(Cl)cc1NC(=O)CSc1c(C)n[nH]c1C. The number of halogens is 1. The third kappa shape index (κ3) is 3.55. The quantitative estimate of drug-likeness (QED) is 0.846. The molecule has 0 spiro atoms. The summed E-state index contributed by atoms with van der Waals surface area (Å²) in [6.45, 7) is 5.80. The summed E-state index contributed by atoms with van der Waals surface area (Å²) in [6.07, 6.45) is 0. The molecule has 4 nitrogen and oxygen atoms in total. The molecule has 1 amide bonds. The first-order valence-corrected chi connectivity index (χ1v) is 7.54. The van der Waals surface area contributed by atoms with Crippen LogP contribution in [-0.4, -0.2) is 21.9 Å². The van der Waals surface area contributed by atoms with Gasteiger partial charge in [-0.15, -0.1) is 11.8 Å². The summed E-state index contributed by atoms with van der Waals surface area (Å²) < 4.78 is 0. The lowest BCUT2D eigenvalue weighted by Gasteiger charge is -2.08. The smallest absolute Gasteiger partial charge is 0.234 e. The number of carbonyl (C=O) groups excluding carboxylic acids is 1. The van der Waals surface area contributed by atoms with Gasteiger partial charge < -0.3 is 5.32 Å². The van der Waals surface area contributed by atoms with Crippen molar-refractivity contribution in [3.05, 3.63) is 40.2 Å². The molecule has 0 atom stereocenters. The molecule has 0 aliphatic rings. The maximum Gasteiger partial charge on any atom is 0.234 e. The number of aromatic amines is 1. The van der Waals surface area contributed by atoms with Crippen LogP contribution in [0.25, 0.3) is 0 Å². The van der Waals surface area contributed by atoms with E-state index in [0.717, 1.165) is 27.5 Å². The highest BCUT2D eigenvalue weighted by molar-refractivity contribution is 8.00. The Morgan fingerprint density at radius 1 is 1.40 bits per heavy atom. The minimum atomic E-state index is -0.0552. The number of anilines is 1. The number of carbonyl (C=O) groups is 1. The molecule has 0 fully saturated rings. The van der Waals surface area contributed by atoms with Gasteiger partial charge in [-0.05, 0) is 38.5 Å². The van der Waals surface area contributed by atoms with Gasteiger partial charge in [0, 0.05) is 16.4 Å². The molecule has 0 saturated heterocycles. The highest BCUT2D eigenvalue weighted by Crippen LogP contribution is 2.25. The van der Waals surface area contributed by atoms with E-state index >= 15 is 0 Å². The normalized spacial score (nSPS) is 10.6. The van der Waals surface area contributed by atoms with E-state index in [9.17, 15) is 4.79 Å². The molecule has 0 bridgehead atoms. The fourth-order valence-electron chi connectivity index (χ4n) is 1.81. The fourth-order valence-corrected chi connectivity index (χ4v) is 2.84. The Morgan fingerprint density at radius 2 is 2.15 bits per heavy atom. The summed E-state index contributed by atoms with van der Waals surface area (Å²) in [6, 6.07) is 5.45. The van der Waals surface area contributed by atoms with Crippen LogP contribution in [0.5, 0.6) is 0 Å². The van der Waals surface area contributed by atoms with Gasteiger partial charge in [0.2, 0.25) is 5.91 Å². The van der Waals surface area contributed by atoms with Crippen LogP contribution in [0.4, 0.5) is 5.69 Å². The van der Waals surface area contributed by atoms with Gasteiger partial charge in [0.1, 0.15) is 0 Å². The molecule has 2 aromatic rings. The van der Waals surface area contributed by atoms with E-state index in [-0.39, 0.29) is 5.91 Å². The molecule has 0 aliphatic heterocycles. The molecular formula is C14H16ClN3OS. The molecule has 0 unspecified atom stereocenters. The molecule has 20 heavy (non-hydrogen) atoms. The minimum Gasteiger partial charge on any atom is -0.325 e. The third-order valence-electron chi connectivity index (χ3n) is 2.88. The van der Waals surface area contributed by atoms with Crippen molar-refractivity contribution in [3.63, 3.8) is 0 Å². The first-order chi connectivity index (χ1) is 9.47. The first kappa shape index (κ1) is 14.9. The van der Waals surface area contributed by atoms with Crippen molar-refractivity contribution in [3.8, 4) is 0 Å². The van der Waals surface area contributed by atoms with Gasteiger partial charge in [-0.25, -0.2) is 0 Å². The lowest BCUT2D eigenvalue weighted by atomic mass is 10.2. The van der Waals surface area contributed by atoms with Crippen molar-refractivity contribution < 1.29 is 4.79 Å². The van der Waals surface area contributed by atoms with E-state index in [1.165, 1.54) is 11.8 Å². The van der Waals surface area contributed by atoms with Gasteiger partial charge in [-0.1, -0.05) is 17.7 Å². The predicted octanol–water partition coefficient (Wildman–Crippen LogP) is 3.72. The molecular weight excluding hydrogens is 294 g/mol. The number of aromatic nitrogens is 2. The van der Waals surface area contributed by atoms with Crippen molar-refractivity contribution in [2.45, 2.75) is 25.7 Å². The second-order valence-corrected chi connectivity index (χ2v) is 5.98. The zero-order valence-corrected chi connectivity index (χ0v) is 13.2. The van der Waals surface area contributed by atoms with Crippen LogP contribution in [0.15, 0.2) is 23.1 Å². The zero-order valence-electron chi connectivity index (χ0n) is 11.6. The van der Waals surface area contributed by atoms with Crippen molar-refractivity contribution in [1.82, 2.24) is 10.2 Å². The maximum atomic E-state index is 12.0. The standard InChI is InChI=1S/C14H16ClN3OS/c1-8-4-5-11(15)6-12(8)16-13(19)7-20-14-9(2)17-18-10(14)3/h4-6H,7H2,1-3H3,(H,16,19)(H,17,18). The van der Waals surface area contributed by atoms with E-state index in [1.807, 2.05) is 26.8 Å². The highest BCUT2D eigenvalue weighted by atomic mass is 35.5. The Kier molecular flexibility index (Phi) is 4.73. The van der Waals surface area contributed by atoms with Crippen LogP contribution in [-0.2, 0) is 4.79 Å². The van der Waals surface area contributed by atoms with E-state index in [1.54, 1.807) is 12.1 Å². The average molecular weight is 310 g/mol. The van der Waals surface area contributed by atoms with Gasteiger partial charge in [0.25, 0.3) is 0 Å². The molecule has 6 heteroatoms. The molecule has 106 valence electrons. The second kappa shape index (κ2) is 6.33. The topological polar surface area (TPSA) is 57.8 Å². The Labute approximate surface area is 127 Å². The van der Waals surface area contributed by atoms with E-state index in [2.05, 4.69) is 15.5 Å². The maximum absolute atomic E-state index is 12.0. The Balaban J connectivity index is 1.98. The number of aryl methyl sites for hydroxylation is 3. The Hall–Kier alpha value is -1.46. The number of rotatable bonds is 4. The van der Waals surface area contributed by atoms with Crippen molar-refractivity contribution >= 4 is 35.0 Å². The van der Waals surface area contributed by atoms with Crippen LogP contribution in [0, 0.1) is 20.8 Å². The largest absolute Gasteiger partial charge is 0.325 e. The molecule has 0 saturated carbocycles. The first-order valence-electron chi connectivity index (χ1n) is 6.17. The zero-order chi connectivity index (χ0) is 14.7. The summed E-state index contributed by atoms with van der Waals surface area (Å²) >= 11 is 7.41. The van der Waals surface area contributed by atoms with Crippen LogP contribution in [0.3, 0.4) is 0 Å². The number of benzene rings is 1. The average Bonchev–Trinajstić information content (AvgIpc) is 2.71. The number of H-pyrrole nitrogens is 1. The predicted molar refractivity (Wildman–Crippen MR) is 83.6 cm³/mol. The highest BCUT2D eigenvalue weighted by Gasteiger charge is 2.11. The van der Waals surface area contributed by atoms with Gasteiger partial charge in [-0.2, -0.15) is 5.10 Å². The van der Waals surface area contributed by atoms with Crippen LogP contribution in [0.2, 0.25) is 5.02 Å². The number of thioether (sulfide) groups is 1. The Bertz CT molecular complexity index is 620. The fraction of sp³-hybridized carbons (Fsp3) is 0.286. The molecule has 1 heterocycles. The monoisotopic (exact) mass is 309 g/mol. The molecule has 2 N–H and O–H groups in total. The number of nitrogens with zero attached hydrogens (tertiary/aromatic N) is 1. The number of nitrogens with one attached hydrogen (secondary N) is 2. The van der Waals surface area contributed by atoms with E-state index < -0.39 is 0 Å². The molecule has 1 aromatic heterocycles. The van der Waals surface area contributed by atoms with Crippen LogP contribution >= 0.6 is 23.4 Å². The van der Waals surface area contributed by atoms with Crippen LogP contribution < -0.4 is 5.32 Å². The molecule has 0 aliphatic carbocycles. The van der Waals surface area contributed by atoms with Gasteiger partial charge in [-0.3, -0.25) is 9.89 Å². The van der Waals surface area contributed by atoms with Gasteiger partial charge >= 0.3 is 0 Å². The molecule has 2 rings (SSSR count). The number of amides is 1. The van der Waals surface area contributed by atoms with Crippen molar-refractivity contribution in [2.24, 2.45) is 0 Å². The molecule has 1 aromatic carbocycles. The molecule has 0 radical (unpaired) electrons. The lowest BCUT2D eigenvalue weighted by molar-refractivity contribution is -0.113. The van der Waals surface area contributed by atoms with Crippen LogP contribution in [0.1, 0.15) is 17.0 Å². The minimum absolute atomic E-state index is 0.0552. The lowest BCUT2D eigenvalue weighted by Crippen LogP contribution is -2.14. The van der Waals surface area contributed by atoms with Crippen molar-refractivity contribution in [1.29, 1.82) is 0 Å². The Morgan fingerprint density at radius 3 is 2.80 bits per heavy atom. The number of hydrogen-bond donors (Lipinski definition) is 2. The van der Waals surface area contributed by atoms with E-state index in [0.29, 0.717) is 10.8 Å². The van der Waals surface area contributed by atoms with Gasteiger partial charge in [0.15, 0.2) is 0 Å². The summed E-state index contributed by atoms with van der Waals surface area (Å²) in [7, 11) is 0. The third-order valence-corrected chi connectivity index (χ3v) is 4.41. The summed E-state index contributed by atoms with van der Waals surface area (Å²) in [5, 5.41) is 10.5. The van der Waals surface area contributed by atoms with Crippen molar-refractivity contribution in [2.75, 3.05) is 11.1 Å². The second-order valence-electron chi connectivity index (χ2n) is 4.56. The summed E-state index contributed by atoms with van der Waals surface area (Å²) in [5.41, 5.74) is 3.64. The van der Waals surface area contributed by atoms with Gasteiger partial charge in [0.05, 0.1) is 16.3 Å². The summed E-state index contributed by atoms with van der Waals surface area (Å²) in [5.74, 6) is 0.285. The summed E-state index contributed by atoms with van der Waals surface area (Å²) in [4.78, 5) is 13.0.